The van der Waals surface area contributed by atoms with Crippen LogP contribution in [-0.2, 0) is 6.18 Å². The van der Waals surface area contributed by atoms with Crippen LogP contribution < -0.4 is 0 Å². The summed E-state index contributed by atoms with van der Waals surface area (Å²) >= 11 is 0. The molecule has 1 rings (SSSR count). The minimum absolute atomic E-state index is 0.0800. The number of alkyl halides is 3. The Hall–Kier alpha value is -1.00. The number of nitrogens with zero attached hydrogens (tertiary/aromatic N) is 1. The first-order chi connectivity index (χ1) is 5.82. The first-order valence-electron chi connectivity index (χ1n) is 3.87. The average Bonchev–Trinajstić information content (AvgIpc) is 2.29. The van der Waals surface area contributed by atoms with E-state index >= 15 is 0 Å². The van der Waals surface area contributed by atoms with E-state index < -0.39 is 12.1 Å². The summed E-state index contributed by atoms with van der Waals surface area (Å²) in [5.41, 5.74) is 0.308. The van der Waals surface area contributed by atoms with E-state index in [1.165, 1.54) is 6.92 Å². The van der Waals surface area contributed by atoms with Gasteiger partial charge < -0.3 is 4.42 Å². The highest BCUT2D eigenvalue weighted by atomic mass is 19.4. The molecule has 0 unspecified atom stereocenters. The van der Waals surface area contributed by atoms with E-state index in [9.17, 15) is 13.2 Å². The highest BCUT2D eigenvalue weighted by Gasteiger charge is 2.38. The molecule has 0 spiro atoms. The number of aromatic nitrogens is 1. The fourth-order valence-corrected chi connectivity index (χ4v) is 1.07. The molecule has 0 bridgehead atoms. The lowest BCUT2D eigenvalue weighted by Gasteiger charge is -2.00. The number of aryl methyl sites for hydroxylation is 1. The molecule has 0 aliphatic heterocycles. The number of oxazole rings is 1. The van der Waals surface area contributed by atoms with Crippen molar-refractivity contribution in [1.29, 1.82) is 0 Å². The van der Waals surface area contributed by atoms with Crippen molar-refractivity contribution < 1.29 is 17.6 Å². The predicted octanol–water partition coefficient (Wildman–Crippen LogP) is 3.13. The summed E-state index contributed by atoms with van der Waals surface area (Å²) in [7, 11) is 0. The lowest BCUT2D eigenvalue weighted by Crippen LogP contribution is -2.04. The molecule has 1 heterocycles. The monoisotopic (exact) mass is 193 g/mol. The van der Waals surface area contributed by atoms with E-state index in [0.29, 0.717) is 11.5 Å². The van der Waals surface area contributed by atoms with E-state index in [-0.39, 0.29) is 5.92 Å². The van der Waals surface area contributed by atoms with Gasteiger partial charge in [-0.15, -0.1) is 0 Å². The van der Waals surface area contributed by atoms with Crippen molar-refractivity contribution in [2.24, 2.45) is 0 Å². The van der Waals surface area contributed by atoms with Crippen LogP contribution in [0.3, 0.4) is 0 Å². The zero-order chi connectivity index (χ0) is 10.2. The Labute approximate surface area is 73.8 Å². The second-order valence-corrected chi connectivity index (χ2v) is 3.12. The van der Waals surface area contributed by atoms with Gasteiger partial charge in [0.2, 0.25) is 0 Å². The van der Waals surface area contributed by atoms with Gasteiger partial charge in [-0.2, -0.15) is 13.2 Å². The Kier molecular flexibility index (Phi) is 2.36. The molecular formula is C8H10F3NO. The molecule has 13 heavy (non-hydrogen) atoms. The molecule has 74 valence electrons. The molecule has 0 atom stereocenters. The molecular weight excluding hydrogens is 183 g/mol. The molecule has 1 aromatic rings. The quantitative estimate of drug-likeness (QED) is 0.684. The van der Waals surface area contributed by atoms with Gasteiger partial charge in [-0.05, 0) is 6.92 Å². The fourth-order valence-electron chi connectivity index (χ4n) is 1.07. The third kappa shape index (κ3) is 2.02. The maximum Gasteiger partial charge on any atom is 0.468 e. The summed E-state index contributed by atoms with van der Waals surface area (Å²) in [5, 5.41) is 0. The first-order valence-corrected chi connectivity index (χ1v) is 3.87. The fraction of sp³-hybridized carbons (Fsp3) is 0.625. The van der Waals surface area contributed by atoms with Gasteiger partial charge in [0.25, 0.3) is 0 Å². The molecule has 0 saturated heterocycles. The van der Waals surface area contributed by atoms with Crippen molar-refractivity contribution in [2.75, 3.05) is 0 Å². The van der Waals surface area contributed by atoms with Gasteiger partial charge in [0.1, 0.15) is 5.76 Å². The number of rotatable bonds is 1. The van der Waals surface area contributed by atoms with Crippen molar-refractivity contribution in [2.45, 2.75) is 32.9 Å². The Morgan fingerprint density at radius 2 is 1.85 bits per heavy atom. The maximum absolute atomic E-state index is 12.1. The van der Waals surface area contributed by atoms with Gasteiger partial charge in [0, 0.05) is 5.92 Å². The van der Waals surface area contributed by atoms with Gasteiger partial charge in [-0.3, -0.25) is 0 Å². The summed E-state index contributed by atoms with van der Waals surface area (Å²) in [4.78, 5) is 3.31. The highest BCUT2D eigenvalue weighted by Crippen LogP contribution is 2.31. The molecule has 0 aliphatic rings. The van der Waals surface area contributed by atoms with Gasteiger partial charge in [-0.25, -0.2) is 4.98 Å². The van der Waals surface area contributed by atoms with Crippen LogP contribution >= 0.6 is 0 Å². The van der Waals surface area contributed by atoms with Gasteiger partial charge in [-0.1, -0.05) is 13.8 Å². The van der Waals surface area contributed by atoms with Crippen molar-refractivity contribution in [1.82, 2.24) is 4.98 Å². The van der Waals surface area contributed by atoms with Crippen LogP contribution in [0.5, 0.6) is 0 Å². The molecule has 5 heteroatoms. The molecule has 0 N–H and O–H groups in total. The molecule has 0 saturated carbocycles. The molecule has 2 nitrogen and oxygen atoms in total. The summed E-state index contributed by atoms with van der Waals surface area (Å²) in [6.07, 6.45) is -4.49. The van der Waals surface area contributed by atoms with Crippen LogP contribution in [-0.4, -0.2) is 4.98 Å². The van der Waals surface area contributed by atoms with Crippen molar-refractivity contribution in [3.05, 3.63) is 17.3 Å². The van der Waals surface area contributed by atoms with Gasteiger partial charge >= 0.3 is 12.1 Å². The summed E-state index contributed by atoms with van der Waals surface area (Å²) < 4.78 is 40.9. The molecule has 0 amide bonds. The van der Waals surface area contributed by atoms with Crippen molar-refractivity contribution >= 4 is 0 Å². The van der Waals surface area contributed by atoms with E-state index in [0.717, 1.165) is 0 Å². The van der Waals surface area contributed by atoms with Crippen LogP contribution in [0.2, 0.25) is 0 Å². The lowest BCUT2D eigenvalue weighted by molar-refractivity contribution is -0.157. The van der Waals surface area contributed by atoms with E-state index in [2.05, 4.69) is 9.40 Å². The van der Waals surface area contributed by atoms with Crippen LogP contribution in [0.15, 0.2) is 4.42 Å². The third-order valence-electron chi connectivity index (χ3n) is 1.60. The minimum atomic E-state index is -4.49. The smallest absolute Gasteiger partial charge is 0.437 e. The topological polar surface area (TPSA) is 26.0 Å². The number of halogens is 3. The predicted molar refractivity (Wildman–Crippen MR) is 40.3 cm³/mol. The SMILES string of the molecule is Cc1nc(C(F)(F)F)oc1C(C)C. The summed E-state index contributed by atoms with van der Waals surface area (Å²) in [6.45, 7) is 5.02. The minimum Gasteiger partial charge on any atom is -0.437 e. The van der Waals surface area contributed by atoms with Crippen LogP contribution in [0.25, 0.3) is 0 Å². The van der Waals surface area contributed by atoms with Crippen LogP contribution in [0.4, 0.5) is 13.2 Å². The second kappa shape index (κ2) is 3.05. The van der Waals surface area contributed by atoms with Crippen LogP contribution in [0, 0.1) is 6.92 Å². The van der Waals surface area contributed by atoms with E-state index in [4.69, 9.17) is 0 Å². The summed E-state index contributed by atoms with van der Waals surface area (Å²) in [5.74, 6) is -0.940. The average molecular weight is 193 g/mol. The lowest BCUT2D eigenvalue weighted by atomic mass is 10.1. The van der Waals surface area contributed by atoms with Crippen molar-refractivity contribution in [3.8, 4) is 0 Å². The molecule has 0 aromatic carbocycles. The summed E-state index contributed by atoms with van der Waals surface area (Å²) in [6, 6.07) is 0. The maximum atomic E-state index is 12.1. The molecule has 0 radical (unpaired) electrons. The highest BCUT2D eigenvalue weighted by molar-refractivity contribution is 5.12. The number of hydrogen-bond donors (Lipinski definition) is 0. The zero-order valence-corrected chi connectivity index (χ0v) is 7.57. The Morgan fingerprint density at radius 3 is 2.08 bits per heavy atom. The van der Waals surface area contributed by atoms with E-state index in [1.807, 2.05) is 0 Å². The Morgan fingerprint density at radius 1 is 1.31 bits per heavy atom. The first kappa shape index (κ1) is 10.1. The molecule has 0 aliphatic carbocycles. The third-order valence-corrected chi connectivity index (χ3v) is 1.60. The molecule has 0 fully saturated rings. The standard InChI is InChI=1S/C8H10F3NO/c1-4(2)6-5(3)12-7(13-6)8(9,10)11/h4H,1-3H3. The van der Waals surface area contributed by atoms with Crippen molar-refractivity contribution in [3.63, 3.8) is 0 Å². The Bertz CT molecular complexity index is 301. The largest absolute Gasteiger partial charge is 0.468 e. The van der Waals surface area contributed by atoms with E-state index in [1.54, 1.807) is 13.8 Å². The van der Waals surface area contributed by atoms with Gasteiger partial charge in [0.15, 0.2) is 0 Å². The van der Waals surface area contributed by atoms with Crippen LogP contribution in [0.1, 0.15) is 37.1 Å². The normalized spacial score (nSPS) is 12.5. The molecule has 1 aromatic heterocycles. The second-order valence-electron chi connectivity index (χ2n) is 3.12. The Balaban J connectivity index is 3.10. The number of hydrogen-bond acceptors (Lipinski definition) is 2. The zero-order valence-electron chi connectivity index (χ0n) is 7.57. The van der Waals surface area contributed by atoms with Gasteiger partial charge in [0.05, 0.1) is 5.69 Å².